The molecule has 0 spiro atoms. The van der Waals surface area contributed by atoms with E-state index in [-0.39, 0.29) is 12.5 Å². The van der Waals surface area contributed by atoms with Crippen molar-refractivity contribution in [2.45, 2.75) is 6.92 Å². The number of hydrogen-bond acceptors (Lipinski definition) is 6. The monoisotopic (exact) mass is 358 g/mol. The minimum Gasteiger partial charge on any atom is -0.493 e. The molecule has 0 aliphatic heterocycles. The second-order valence-corrected chi connectivity index (χ2v) is 5.08. The molecule has 0 aliphatic carbocycles. The van der Waals surface area contributed by atoms with Crippen LogP contribution in [0.15, 0.2) is 47.6 Å². The molecule has 1 amide bonds. The van der Waals surface area contributed by atoms with Gasteiger partial charge in [0.25, 0.3) is 5.91 Å². The molecule has 0 bridgehead atoms. The number of para-hydroxylation sites is 2. The maximum Gasteiger partial charge on any atom is 0.277 e. The number of benzene rings is 2. The normalized spacial score (nSPS) is 10.4. The highest BCUT2D eigenvalue weighted by molar-refractivity contribution is 5.83. The van der Waals surface area contributed by atoms with Crippen molar-refractivity contribution in [3.05, 3.63) is 48.0 Å². The highest BCUT2D eigenvalue weighted by Crippen LogP contribution is 2.27. The number of nitrogens with one attached hydrogen (secondary N) is 1. The predicted octanol–water partition coefficient (Wildman–Crippen LogP) is 2.63. The number of hydrogen-bond donors (Lipinski definition) is 1. The third kappa shape index (κ3) is 5.41. The van der Waals surface area contributed by atoms with Crippen molar-refractivity contribution >= 4 is 12.1 Å². The van der Waals surface area contributed by atoms with E-state index in [0.717, 1.165) is 5.56 Å². The van der Waals surface area contributed by atoms with Crippen LogP contribution in [0.4, 0.5) is 0 Å². The van der Waals surface area contributed by atoms with Crippen LogP contribution in [-0.2, 0) is 4.79 Å². The van der Waals surface area contributed by atoms with E-state index < -0.39 is 0 Å². The predicted molar refractivity (Wildman–Crippen MR) is 98.4 cm³/mol. The van der Waals surface area contributed by atoms with Crippen LogP contribution in [0.3, 0.4) is 0 Å². The zero-order chi connectivity index (χ0) is 18.8. The van der Waals surface area contributed by atoms with Crippen molar-refractivity contribution in [1.82, 2.24) is 5.43 Å². The van der Waals surface area contributed by atoms with E-state index in [9.17, 15) is 4.79 Å². The lowest BCUT2D eigenvalue weighted by Gasteiger charge is -2.10. The highest BCUT2D eigenvalue weighted by Gasteiger charge is 2.07. The lowest BCUT2D eigenvalue weighted by Crippen LogP contribution is -2.24. The Hall–Kier alpha value is -3.22. The Morgan fingerprint density at radius 1 is 1.00 bits per heavy atom. The smallest absolute Gasteiger partial charge is 0.277 e. The Bertz CT molecular complexity index is 761. The molecule has 2 aromatic carbocycles. The molecule has 2 rings (SSSR count). The van der Waals surface area contributed by atoms with Crippen molar-refractivity contribution in [3.63, 3.8) is 0 Å². The zero-order valence-electron chi connectivity index (χ0n) is 15.0. The number of methoxy groups -OCH3 is 2. The van der Waals surface area contributed by atoms with E-state index in [1.54, 1.807) is 44.6 Å². The third-order valence-corrected chi connectivity index (χ3v) is 3.32. The Morgan fingerprint density at radius 2 is 1.69 bits per heavy atom. The summed E-state index contributed by atoms with van der Waals surface area (Å²) in [5.41, 5.74) is 3.17. The van der Waals surface area contributed by atoms with Crippen molar-refractivity contribution in [2.24, 2.45) is 5.10 Å². The van der Waals surface area contributed by atoms with Crippen molar-refractivity contribution in [2.75, 3.05) is 27.4 Å². The molecule has 0 saturated carbocycles. The van der Waals surface area contributed by atoms with Gasteiger partial charge in [0, 0.05) is 0 Å². The Morgan fingerprint density at radius 3 is 2.35 bits per heavy atom. The van der Waals surface area contributed by atoms with Gasteiger partial charge in [0.2, 0.25) is 0 Å². The number of hydrazone groups is 1. The summed E-state index contributed by atoms with van der Waals surface area (Å²) in [7, 11) is 3.12. The van der Waals surface area contributed by atoms with Gasteiger partial charge in [-0.3, -0.25) is 4.79 Å². The number of ether oxygens (including phenoxy) is 4. The van der Waals surface area contributed by atoms with Gasteiger partial charge in [-0.2, -0.15) is 5.10 Å². The van der Waals surface area contributed by atoms with Crippen LogP contribution in [0.5, 0.6) is 23.0 Å². The Balaban J connectivity index is 1.88. The molecular formula is C19H22N2O5. The minimum atomic E-state index is -0.381. The molecule has 7 heteroatoms. The highest BCUT2D eigenvalue weighted by atomic mass is 16.5. The van der Waals surface area contributed by atoms with Gasteiger partial charge in [0.1, 0.15) is 0 Å². The molecule has 0 radical (unpaired) electrons. The molecule has 26 heavy (non-hydrogen) atoms. The van der Waals surface area contributed by atoms with Gasteiger partial charge in [-0.05, 0) is 42.8 Å². The molecule has 7 nitrogen and oxygen atoms in total. The summed E-state index contributed by atoms with van der Waals surface area (Å²) in [6, 6.07) is 12.5. The van der Waals surface area contributed by atoms with E-state index in [4.69, 9.17) is 18.9 Å². The van der Waals surface area contributed by atoms with Crippen molar-refractivity contribution < 1.29 is 23.7 Å². The fourth-order valence-electron chi connectivity index (χ4n) is 2.13. The van der Waals surface area contributed by atoms with Gasteiger partial charge < -0.3 is 18.9 Å². The van der Waals surface area contributed by atoms with E-state index in [1.807, 2.05) is 19.1 Å². The molecule has 0 saturated heterocycles. The number of rotatable bonds is 9. The van der Waals surface area contributed by atoms with Crippen molar-refractivity contribution in [1.29, 1.82) is 0 Å². The van der Waals surface area contributed by atoms with Crippen LogP contribution in [0, 0.1) is 0 Å². The number of carbonyl (C=O) groups excluding carboxylic acids is 1. The molecule has 138 valence electrons. The van der Waals surface area contributed by atoms with Gasteiger partial charge in [-0.25, -0.2) is 5.43 Å². The van der Waals surface area contributed by atoms with Crippen LogP contribution < -0.4 is 24.4 Å². The molecule has 0 aromatic heterocycles. The van der Waals surface area contributed by atoms with Crippen LogP contribution in [0.1, 0.15) is 12.5 Å². The molecular weight excluding hydrogens is 336 g/mol. The van der Waals surface area contributed by atoms with Crippen molar-refractivity contribution in [3.8, 4) is 23.0 Å². The fraction of sp³-hybridized carbons (Fsp3) is 0.263. The van der Waals surface area contributed by atoms with Gasteiger partial charge >= 0.3 is 0 Å². The third-order valence-electron chi connectivity index (χ3n) is 3.32. The standard InChI is InChI=1S/C19H22N2O5/c1-4-25-16-7-5-6-8-17(16)26-13-19(22)21-20-12-14-9-10-15(23-2)18(11-14)24-3/h5-12H,4,13H2,1-3H3,(H,21,22)/b20-12-. The molecule has 2 aromatic rings. The molecule has 0 fully saturated rings. The number of amides is 1. The first-order chi connectivity index (χ1) is 12.7. The van der Waals surface area contributed by atoms with E-state index >= 15 is 0 Å². The largest absolute Gasteiger partial charge is 0.493 e. The zero-order valence-corrected chi connectivity index (χ0v) is 15.0. The van der Waals surface area contributed by atoms with E-state index in [2.05, 4.69) is 10.5 Å². The van der Waals surface area contributed by atoms with Crippen LogP contribution in [0.25, 0.3) is 0 Å². The lowest BCUT2D eigenvalue weighted by atomic mass is 10.2. The maximum absolute atomic E-state index is 11.9. The second-order valence-electron chi connectivity index (χ2n) is 5.08. The maximum atomic E-state index is 11.9. The fourth-order valence-corrected chi connectivity index (χ4v) is 2.13. The average molecular weight is 358 g/mol. The molecule has 0 heterocycles. The summed E-state index contributed by atoms with van der Waals surface area (Å²) in [5.74, 6) is 1.92. The molecule has 0 aliphatic rings. The average Bonchev–Trinajstić information content (AvgIpc) is 2.67. The Labute approximate surface area is 152 Å². The van der Waals surface area contributed by atoms with Gasteiger partial charge in [-0.1, -0.05) is 12.1 Å². The first kappa shape index (κ1) is 19.1. The van der Waals surface area contributed by atoms with Crippen LogP contribution >= 0.6 is 0 Å². The Kier molecular flexibility index (Phi) is 7.30. The minimum absolute atomic E-state index is 0.173. The summed E-state index contributed by atoms with van der Waals surface area (Å²) < 4.78 is 21.3. The van der Waals surface area contributed by atoms with E-state index in [0.29, 0.717) is 29.6 Å². The molecule has 1 N–H and O–H groups in total. The SMILES string of the molecule is CCOc1ccccc1OCC(=O)N/N=C\c1ccc(OC)c(OC)c1. The molecule has 0 unspecified atom stereocenters. The first-order valence-electron chi connectivity index (χ1n) is 8.06. The quantitative estimate of drug-likeness (QED) is 0.551. The van der Waals surface area contributed by atoms with Gasteiger partial charge in [0.15, 0.2) is 29.6 Å². The molecule has 0 atom stereocenters. The summed E-state index contributed by atoms with van der Waals surface area (Å²) >= 11 is 0. The topological polar surface area (TPSA) is 78.4 Å². The van der Waals surface area contributed by atoms with Crippen LogP contribution in [-0.4, -0.2) is 39.6 Å². The van der Waals surface area contributed by atoms with Crippen LogP contribution in [0.2, 0.25) is 0 Å². The van der Waals surface area contributed by atoms with Gasteiger partial charge in [-0.15, -0.1) is 0 Å². The lowest BCUT2D eigenvalue weighted by molar-refractivity contribution is -0.123. The van der Waals surface area contributed by atoms with E-state index in [1.165, 1.54) is 6.21 Å². The summed E-state index contributed by atoms with van der Waals surface area (Å²) in [4.78, 5) is 11.9. The number of nitrogens with zero attached hydrogens (tertiary/aromatic N) is 1. The summed E-state index contributed by atoms with van der Waals surface area (Å²) in [6.45, 7) is 2.22. The number of carbonyl (C=O) groups is 1. The first-order valence-corrected chi connectivity index (χ1v) is 8.06. The summed E-state index contributed by atoms with van der Waals surface area (Å²) in [5, 5.41) is 3.91. The van der Waals surface area contributed by atoms with Gasteiger partial charge in [0.05, 0.1) is 27.0 Å². The summed E-state index contributed by atoms with van der Waals surface area (Å²) in [6.07, 6.45) is 1.51. The second kappa shape index (κ2) is 9.93.